The summed E-state index contributed by atoms with van der Waals surface area (Å²) in [5.74, 6) is -9.44. The first-order chi connectivity index (χ1) is 13.3. The smallest absolute Gasteiger partial charge is 0.340 e. The molecule has 1 saturated carbocycles. The number of hydrogen-bond acceptors (Lipinski definition) is 7. The van der Waals surface area contributed by atoms with Gasteiger partial charge < -0.3 is 24.1 Å². The molecule has 1 aromatic rings. The Hall–Kier alpha value is -2.55. The lowest BCUT2D eigenvalue weighted by Gasteiger charge is -2.35. The second-order valence-electron chi connectivity index (χ2n) is 6.55. The standard InChI is InChI=1S/C19H22F2O7/c1-26-11-27-16(22)13-7-9-14(10-8-13)17(23)28-15(19(20,21)18(24)25)12-5-3-2-4-6-12/h7-10,12,15H,2-6,11H2,1H3,(H,24,25)/p-1. The van der Waals surface area contributed by atoms with Crippen molar-refractivity contribution in [1.82, 2.24) is 0 Å². The first-order valence-corrected chi connectivity index (χ1v) is 8.83. The van der Waals surface area contributed by atoms with Gasteiger partial charge in [-0.2, -0.15) is 8.78 Å². The number of carbonyl (C=O) groups excluding carboxylic acids is 3. The van der Waals surface area contributed by atoms with Crippen LogP contribution in [-0.4, -0.2) is 43.8 Å². The lowest BCUT2D eigenvalue weighted by atomic mass is 9.83. The number of aliphatic carboxylic acids is 1. The first kappa shape index (κ1) is 21.7. The zero-order chi connectivity index (χ0) is 20.7. The third kappa shape index (κ3) is 5.25. The summed E-state index contributed by atoms with van der Waals surface area (Å²) in [6.07, 6.45) is 0.724. The molecule has 1 fully saturated rings. The molecule has 7 nitrogen and oxygen atoms in total. The van der Waals surface area contributed by atoms with Gasteiger partial charge in [-0.1, -0.05) is 19.3 Å². The van der Waals surface area contributed by atoms with Gasteiger partial charge in [0.15, 0.2) is 12.9 Å². The normalized spacial score (nSPS) is 16.2. The molecule has 0 heterocycles. The van der Waals surface area contributed by atoms with Gasteiger partial charge in [-0.25, -0.2) is 9.59 Å². The van der Waals surface area contributed by atoms with Gasteiger partial charge in [0.2, 0.25) is 0 Å². The van der Waals surface area contributed by atoms with E-state index < -0.39 is 35.9 Å². The molecule has 0 aliphatic heterocycles. The third-order valence-electron chi connectivity index (χ3n) is 4.61. The molecule has 1 aliphatic rings. The monoisotopic (exact) mass is 399 g/mol. The van der Waals surface area contributed by atoms with E-state index in [2.05, 4.69) is 4.74 Å². The molecule has 1 unspecified atom stereocenters. The topological polar surface area (TPSA) is 102 Å². The summed E-state index contributed by atoms with van der Waals surface area (Å²) in [5, 5.41) is 10.9. The summed E-state index contributed by atoms with van der Waals surface area (Å²) >= 11 is 0. The van der Waals surface area contributed by atoms with Crippen molar-refractivity contribution in [3.63, 3.8) is 0 Å². The maximum Gasteiger partial charge on any atom is 0.340 e. The number of carboxylic acids is 1. The van der Waals surface area contributed by atoms with Crippen LogP contribution in [0.3, 0.4) is 0 Å². The Labute approximate surface area is 160 Å². The molecule has 0 radical (unpaired) electrons. The molecule has 0 spiro atoms. The summed E-state index contributed by atoms with van der Waals surface area (Å²) < 4.78 is 42.6. The third-order valence-corrected chi connectivity index (χ3v) is 4.61. The molecule has 1 aliphatic carbocycles. The van der Waals surface area contributed by atoms with E-state index in [4.69, 9.17) is 9.47 Å². The van der Waals surface area contributed by atoms with Crippen molar-refractivity contribution >= 4 is 17.9 Å². The van der Waals surface area contributed by atoms with Gasteiger partial charge in [0.25, 0.3) is 0 Å². The van der Waals surface area contributed by atoms with Crippen LogP contribution < -0.4 is 5.11 Å². The minimum atomic E-state index is -4.30. The summed E-state index contributed by atoms with van der Waals surface area (Å²) in [6, 6.07) is 4.95. The maximum atomic E-state index is 14.1. The predicted octanol–water partition coefficient (Wildman–Crippen LogP) is 1.94. The van der Waals surface area contributed by atoms with Gasteiger partial charge in [-0.3, -0.25) is 0 Å². The largest absolute Gasteiger partial charge is 0.544 e. The highest BCUT2D eigenvalue weighted by molar-refractivity contribution is 5.93. The highest BCUT2D eigenvalue weighted by atomic mass is 19.3. The Morgan fingerprint density at radius 3 is 2.11 bits per heavy atom. The number of rotatable bonds is 8. The van der Waals surface area contributed by atoms with E-state index in [9.17, 15) is 28.3 Å². The molecule has 0 aromatic heterocycles. The van der Waals surface area contributed by atoms with Crippen molar-refractivity contribution in [2.45, 2.75) is 44.1 Å². The van der Waals surface area contributed by atoms with Crippen molar-refractivity contribution in [3.05, 3.63) is 35.4 Å². The zero-order valence-electron chi connectivity index (χ0n) is 15.3. The van der Waals surface area contributed by atoms with Crippen LogP contribution in [0.5, 0.6) is 0 Å². The van der Waals surface area contributed by atoms with E-state index in [1.807, 2.05) is 0 Å². The van der Waals surface area contributed by atoms with E-state index >= 15 is 0 Å². The number of benzene rings is 1. The number of hydrogen-bond donors (Lipinski definition) is 0. The number of alkyl halides is 2. The minimum absolute atomic E-state index is 0.0988. The van der Waals surface area contributed by atoms with Crippen LogP contribution in [0.2, 0.25) is 0 Å². The number of esters is 2. The Morgan fingerprint density at radius 1 is 1.07 bits per heavy atom. The van der Waals surface area contributed by atoms with Crippen LogP contribution in [0.15, 0.2) is 24.3 Å². The average Bonchev–Trinajstić information content (AvgIpc) is 2.70. The van der Waals surface area contributed by atoms with Gasteiger partial charge in [-0.15, -0.1) is 0 Å². The Kier molecular flexibility index (Phi) is 7.45. The zero-order valence-corrected chi connectivity index (χ0v) is 15.3. The van der Waals surface area contributed by atoms with Crippen LogP contribution in [0.25, 0.3) is 0 Å². The number of ether oxygens (including phenoxy) is 3. The van der Waals surface area contributed by atoms with Crippen LogP contribution in [0, 0.1) is 5.92 Å². The minimum Gasteiger partial charge on any atom is -0.544 e. The molecule has 0 saturated heterocycles. The van der Waals surface area contributed by atoms with Crippen LogP contribution in [0.1, 0.15) is 52.8 Å². The molecule has 0 bridgehead atoms. The second-order valence-corrected chi connectivity index (χ2v) is 6.55. The lowest BCUT2D eigenvalue weighted by molar-refractivity contribution is -0.337. The fraction of sp³-hybridized carbons (Fsp3) is 0.526. The summed E-state index contributed by atoms with van der Waals surface area (Å²) in [7, 11) is 1.34. The van der Waals surface area contributed by atoms with Gasteiger partial charge in [0, 0.05) is 13.0 Å². The summed E-state index contributed by atoms with van der Waals surface area (Å²) in [6.45, 7) is -0.246. The SMILES string of the molecule is COCOC(=O)c1ccc(C(=O)OC(C2CCCCC2)C(F)(F)C(=O)[O-])cc1. The number of halogens is 2. The van der Waals surface area contributed by atoms with Gasteiger partial charge in [-0.05, 0) is 37.1 Å². The number of carbonyl (C=O) groups is 3. The Bertz CT molecular complexity index is 697. The maximum absolute atomic E-state index is 14.1. The van der Waals surface area contributed by atoms with Crippen molar-refractivity contribution in [2.75, 3.05) is 13.9 Å². The summed E-state index contributed by atoms with van der Waals surface area (Å²) in [5.41, 5.74) is 0.0238. The molecule has 154 valence electrons. The molecule has 1 atom stereocenters. The fourth-order valence-corrected chi connectivity index (χ4v) is 3.14. The first-order valence-electron chi connectivity index (χ1n) is 8.83. The van der Waals surface area contributed by atoms with Crippen molar-refractivity contribution in [3.8, 4) is 0 Å². The lowest BCUT2D eigenvalue weighted by Crippen LogP contribution is -2.54. The molecule has 2 rings (SSSR count). The van der Waals surface area contributed by atoms with Crippen LogP contribution in [0.4, 0.5) is 8.78 Å². The molecule has 0 N–H and O–H groups in total. The highest BCUT2D eigenvalue weighted by Gasteiger charge is 2.48. The van der Waals surface area contributed by atoms with Gasteiger partial charge in [0.05, 0.1) is 11.1 Å². The Morgan fingerprint density at radius 2 is 1.61 bits per heavy atom. The number of methoxy groups -OCH3 is 1. The highest BCUT2D eigenvalue weighted by Crippen LogP contribution is 2.36. The van der Waals surface area contributed by atoms with Crippen LogP contribution in [-0.2, 0) is 19.0 Å². The molecular weight excluding hydrogens is 378 g/mol. The molecule has 1 aromatic carbocycles. The van der Waals surface area contributed by atoms with E-state index in [1.54, 1.807) is 0 Å². The van der Waals surface area contributed by atoms with Crippen molar-refractivity contribution < 1.29 is 42.5 Å². The molecule has 28 heavy (non-hydrogen) atoms. The quantitative estimate of drug-likeness (QED) is 0.486. The number of carboxylic acid groups (broad SMARTS) is 1. The average molecular weight is 399 g/mol. The molecule has 9 heteroatoms. The Balaban J connectivity index is 2.14. The van der Waals surface area contributed by atoms with Crippen LogP contribution >= 0.6 is 0 Å². The molecular formula is C19H21F2O7-. The van der Waals surface area contributed by atoms with Gasteiger partial charge >= 0.3 is 17.9 Å². The predicted molar refractivity (Wildman–Crippen MR) is 89.5 cm³/mol. The van der Waals surface area contributed by atoms with Crippen molar-refractivity contribution in [2.24, 2.45) is 5.92 Å². The van der Waals surface area contributed by atoms with E-state index in [0.29, 0.717) is 25.7 Å². The van der Waals surface area contributed by atoms with Crippen molar-refractivity contribution in [1.29, 1.82) is 0 Å². The van der Waals surface area contributed by atoms with E-state index in [1.165, 1.54) is 31.4 Å². The fourth-order valence-electron chi connectivity index (χ4n) is 3.14. The van der Waals surface area contributed by atoms with Gasteiger partial charge in [0.1, 0.15) is 5.97 Å². The van der Waals surface area contributed by atoms with E-state index in [-0.39, 0.29) is 17.9 Å². The molecule has 0 amide bonds. The van der Waals surface area contributed by atoms with E-state index in [0.717, 1.165) is 6.42 Å². The second kappa shape index (κ2) is 9.59. The summed E-state index contributed by atoms with van der Waals surface area (Å²) in [4.78, 5) is 34.9.